The number of anilines is 1. The predicted octanol–water partition coefficient (Wildman–Crippen LogP) is 3.31. The van der Waals surface area contributed by atoms with Gasteiger partial charge in [0.05, 0.1) is 34.0 Å². The van der Waals surface area contributed by atoms with Crippen molar-refractivity contribution in [1.29, 1.82) is 0 Å². The molecule has 0 radical (unpaired) electrons. The molecule has 0 amide bonds. The fraction of sp³-hybridized carbons (Fsp3) is 0.238. The SMILES string of the molecule is Cc1cc(S(=O)(=O)O)c(S(=O)(=O)CCOS(=O)(=O)O)cc1N=Nc1c(N)ccc2cc(C)c(C)c(O)c12. The van der Waals surface area contributed by atoms with E-state index in [1.54, 1.807) is 19.1 Å². The van der Waals surface area contributed by atoms with Gasteiger partial charge in [-0.3, -0.25) is 9.11 Å². The van der Waals surface area contributed by atoms with Crippen LogP contribution in [0.25, 0.3) is 10.8 Å². The molecule has 0 unspecified atom stereocenters. The first-order valence-electron chi connectivity index (χ1n) is 10.3. The number of aryl methyl sites for hydroxylation is 2. The maximum absolute atomic E-state index is 12.8. The number of phenols is 1. The van der Waals surface area contributed by atoms with Crippen LogP contribution in [0.5, 0.6) is 5.75 Å². The van der Waals surface area contributed by atoms with Crippen LogP contribution in [0.2, 0.25) is 0 Å². The molecule has 3 rings (SSSR count). The summed E-state index contributed by atoms with van der Waals surface area (Å²) in [4.78, 5) is -1.86. The van der Waals surface area contributed by atoms with E-state index in [1.165, 1.54) is 6.92 Å². The van der Waals surface area contributed by atoms with Crippen LogP contribution in [-0.4, -0.2) is 51.8 Å². The zero-order valence-corrected chi connectivity index (χ0v) is 22.1. The average Bonchev–Trinajstić information content (AvgIpc) is 2.76. The molecule has 0 atom stereocenters. The molecule has 0 fully saturated rings. The quantitative estimate of drug-likeness (QED) is 0.174. The lowest BCUT2D eigenvalue weighted by atomic mass is 9.99. The lowest BCUT2D eigenvalue weighted by molar-refractivity contribution is 0.284. The molecule has 0 heterocycles. The molecular weight excluding hydrogens is 550 g/mol. The number of aromatic hydroxyl groups is 1. The summed E-state index contributed by atoms with van der Waals surface area (Å²) in [7, 11) is -14.6. The Balaban J connectivity index is 2.18. The van der Waals surface area contributed by atoms with Crippen molar-refractivity contribution in [2.24, 2.45) is 10.2 Å². The van der Waals surface area contributed by atoms with E-state index in [0.717, 1.165) is 17.7 Å². The maximum Gasteiger partial charge on any atom is 0.397 e. The summed E-state index contributed by atoms with van der Waals surface area (Å²) < 4.78 is 93.1. The fourth-order valence-electron chi connectivity index (χ4n) is 3.48. The van der Waals surface area contributed by atoms with Gasteiger partial charge in [0.1, 0.15) is 16.3 Å². The highest BCUT2D eigenvalue weighted by atomic mass is 32.3. The van der Waals surface area contributed by atoms with E-state index in [9.17, 15) is 34.9 Å². The van der Waals surface area contributed by atoms with Crippen molar-refractivity contribution in [1.82, 2.24) is 0 Å². The minimum atomic E-state index is -5.04. The Morgan fingerprint density at radius 2 is 1.54 bits per heavy atom. The van der Waals surface area contributed by atoms with Gasteiger partial charge >= 0.3 is 10.4 Å². The smallest absolute Gasteiger partial charge is 0.397 e. The molecule has 0 aliphatic carbocycles. The van der Waals surface area contributed by atoms with E-state index in [-0.39, 0.29) is 28.4 Å². The molecule has 5 N–H and O–H groups in total. The highest BCUT2D eigenvalue weighted by Gasteiger charge is 2.28. The molecular formula is C21H23N3O10S3. The molecule has 0 aliphatic rings. The first-order chi connectivity index (χ1) is 16.9. The molecule has 37 heavy (non-hydrogen) atoms. The number of sulfone groups is 1. The molecule has 0 aliphatic heterocycles. The van der Waals surface area contributed by atoms with E-state index in [2.05, 4.69) is 14.4 Å². The highest BCUT2D eigenvalue weighted by Crippen LogP contribution is 2.42. The minimum Gasteiger partial charge on any atom is -0.507 e. The first-order valence-corrected chi connectivity index (χ1v) is 14.8. The third kappa shape index (κ3) is 6.23. The summed E-state index contributed by atoms with van der Waals surface area (Å²) in [5.41, 5.74) is 7.69. The molecule has 0 spiro atoms. The van der Waals surface area contributed by atoms with Crippen molar-refractivity contribution in [3.8, 4) is 5.75 Å². The average molecular weight is 574 g/mol. The number of azo groups is 1. The van der Waals surface area contributed by atoms with Crippen LogP contribution in [0.3, 0.4) is 0 Å². The van der Waals surface area contributed by atoms with Crippen LogP contribution in [0.4, 0.5) is 17.1 Å². The summed E-state index contributed by atoms with van der Waals surface area (Å²) in [6.07, 6.45) is 0. The van der Waals surface area contributed by atoms with Gasteiger partial charge in [-0.1, -0.05) is 12.1 Å². The largest absolute Gasteiger partial charge is 0.507 e. The number of hydrogen-bond donors (Lipinski definition) is 4. The van der Waals surface area contributed by atoms with Gasteiger partial charge in [0, 0.05) is 0 Å². The summed E-state index contributed by atoms with van der Waals surface area (Å²) in [5, 5.41) is 19.7. The summed E-state index contributed by atoms with van der Waals surface area (Å²) >= 11 is 0. The van der Waals surface area contributed by atoms with Gasteiger partial charge in [0.15, 0.2) is 9.84 Å². The number of benzene rings is 3. The lowest BCUT2D eigenvalue weighted by Crippen LogP contribution is -2.18. The van der Waals surface area contributed by atoms with Crippen molar-refractivity contribution < 1.29 is 43.6 Å². The van der Waals surface area contributed by atoms with Crippen LogP contribution in [-0.2, 0) is 34.5 Å². The summed E-state index contributed by atoms with van der Waals surface area (Å²) in [5.74, 6) is -1.13. The monoisotopic (exact) mass is 573 g/mol. The second kappa shape index (κ2) is 9.96. The second-order valence-corrected chi connectivity index (χ2v) is 12.7. The number of nitrogens with zero attached hydrogens (tertiary/aromatic N) is 2. The number of fused-ring (bicyclic) bond motifs is 1. The van der Waals surface area contributed by atoms with E-state index < -0.39 is 52.5 Å². The summed E-state index contributed by atoms with van der Waals surface area (Å²) in [6, 6.07) is 6.74. The van der Waals surface area contributed by atoms with Crippen LogP contribution >= 0.6 is 0 Å². The van der Waals surface area contributed by atoms with Gasteiger partial charge in [-0.15, -0.1) is 5.11 Å². The second-order valence-electron chi connectivity index (χ2n) is 8.10. The van der Waals surface area contributed by atoms with E-state index in [4.69, 9.17) is 10.3 Å². The molecule has 16 heteroatoms. The van der Waals surface area contributed by atoms with Crippen molar-refractivity contribution in [3.63, 3.8) is 0 Å². The predicted molar refractivity (Wildman–Crippen MR) is 134 cm³/mol. The van der Waals surface area contributed by atoms with E-state index >= 15 is 0 Å². The lowest BCUT2D eigenvalue weighted by Gasteiger charge is -2.12. The minimum absolute atomic E-state index is 0.0724. The Kier molecular flexibility index (Phi) is 7.65. The molecule has 3 aromatic rings. The molecule has 0 aromatic heterocycles. The number of phenolic OH excluding ortho intramolecular Hbond substituents is 1. The topological polar surface area (TPSA) is 223 Å². The Labute approximate surface area is 213 Å². The molecule has 200 valence electrons. The van der Waals surface area contributed by atoms with Crippen LogP contribution in [0.1, 0.15) is 16.7 Å². The third-order valence-electron chi connectivity index (χ3n) is 5.51. The molecule has 13 nitrogen and oxygen atoms in total. The Morgan fingerprint density at radius 3 is 2.14 bits per heavy atom. The standard InChI is InChI=1S/C21H23N3O10S3/c1-11-8-14-4-5-15(22)20(19(14)21(25)13(11)3)24-23-16-10-17(18(9-12(16)2)36(28,29)30)35(26,27)7-6-34-37(31,32)33/h4-5,8-10,25H,6-7,22H2,1-3H3,(H,28,29,30)(H,31,32,33). The number of nitrogens with two attached hydrogens (primary N) is 1. The van der Waals surface area contributed by atoms with Crippen LogP contribution in [0.15, 0.2) is 50.4 Å². The van der Waals surface area contributed by atoms with Crippen molar-refractivity contribution in [3.05, 3.63) is 47.0 Å². The fourth-order valence-corrected chi connectivity index (χ4v) is 6.40. The molecule has 0 saturated heterocycles. The number of hydrogen-bond acceptors (Lipinski definition) is 11. The van der Waals surface area contributed by atoms with Crippen molar-refractivity contribution in [2.75, 3.05) is 18.1 Å². The molecule has 0 bridgehead atoms. The van der Waals surface area contributed by atoms with Crippen LogP contribution < -0.4 is 5.73 Å². The van der Waals surface area contributed by atoms with Gasteiger partial charge < -0.3 is 10.8 Å². The van der Waals surface area contributed by atoms with Crippen LogP contribution in [0, 0.1) is 20.8 Å². The van der Waals surface area contributed by atoms with Crippen molar-refractivity contribution >= 4 is 58.2 Å². The van der Waals surface area contributed by atoms with Gasteiger partial charge in [0.2, 0.25) is 0 Å². The van der Waals surface area contributed by atoms with E-state index in [0.29, 0.717) is 16.3 Å². The molecule has 0 saturated carbocycles. The normalized spacial score (nSPS) is 13.0. The van der Waals surface area contributed by atoms with Gasteiger partial charge in [-0.2, -0.15) is 21.9 Å². The van der Waals surface area contributed by atoms with Gasteiger partial charge in [-0.25, -0.2) is 12.6 Å². The van der Waals surface area contributed by atoms with Gasteiger partial charge in [0.25, 0.3) is 10.1 Å². The molecule has 3 aromatic carbocycles. The number of nitrogen functional groups attached to an aromatic ring is 1. The zero-order chi connectivity index (χ0) is 27.9. The van der Waals surface area contributed by atoms with Crippen molar-refractivity contribution in [2.45, 2.75) is 30.6 Å². The Bertz CT molecular complexity index is 1770. The Morgan fingerprint density at radius 1 is 0.892 bits per heavy atom. The van der Waals surface area contributed by atoms with E-state index in [1.807, 2.05) is 13.0 Å². The number of rotatable bonds is 8. The maximum atomic E-state index is 12.8. The van der Waals surface area contributed by atoms with Gasteiger partial charge in [-0.05, 0) is 61.0 Å². The third-order valence-corrected chi connectivity index (χ3v) is 8.71. The zero-order valence-electron chi connectivity index (χ0n) is 19.7. The summed E-state index contributed by atoms with van der Waals surface area (Å²) in [6.45, 7) is 3.88. The Hall–Kier alpha value is -3.15. The highest BCUT2D eigenvalue weighted by molar-refractivity contribution is 7.92. The first kappa shape index (κ1) is 28.4.